The van der Waals surface area contributed by atoms with Crippen molar-refractivity contribution in [1.82, 2.24) is 5.32 Å². The summed E-state index contributed by atoms with van der Waals surface area (Å²) in [7, 11) is 0. The van der Waals surface area contributed by atoms with Crippen molar-refractivity contribution in [1.29, 1.82) is 0 Å². The Morgan fingerprint density at radius 3 is 1.88 bits per heavy atom. The Kier molecular flexibility index (Phi) is 10.4. The third-order valence-corrected chi connectivity index (χ3v) is 8.19. The molecular formula is C35H39NO6. The normalized spacial score (nSPS) is 15.1. The lowest BCUT2D eigenvalue weighted by molar-refractivity contribution is -0.146. The minimum absolute atomic E-state index is 0.0119. The molecule has 1 saturated carbocycles. The maximum Gasteiger partial charge on any atom is 0.334 e. The predicted molar refractivity (Wildman–Crippen MR) is 161 cm³/mol. The Morgan fingerprint density at radius 2 is 1.31 bits per heavy atom. The van der Waals surface area contributed by atoms with Crippen molar-refractivity contribution in [2.24, 2.45) is 0 Å². The molecule has 4 rings (SSSR count). The zero-order valence-corrected chi connectivity index (χ0v) is 24.2. The number of ketones is 2. The lowest BCUT2D eigenvalue weighted by atomic mass is 9.82. The van der Waals surface area contributed by atoms with E-state index in [9.17, 15) is 24.3 Å². The van der Waals surface area contributed by atoms with Crippen molar-refractivity contribution in [3.63, 3.8) is 0 Å². The highest BCUT2D eigenvalue weighted by Crippen LogP contribution is 2.33. The first-order valence-electron chi connectivity index (χ1n) is 14.7. The Labute approximate surface area is 247 Å². The summed E-state index contributed by atoms with van der Waals surface area (Å²) in [6, 6.07) is 21.7. The maximum atomic E-state index is 13.8. The number of carbonyl (C=O) groups is 4. The van der Waals surface area contributed by atoms with E-state index in [4.69, 9.17) is 5.11 Å². The van der Waals surface area contributed by atoms with Crippen molar-refractivity contribution in [3.05, 3.63) is 106 Å². The number of nitrogens with one attached hydrogen (secondary N) is 1. The molecule has 0 bridgehead atoms. The SMILES string of the molecule is CC(C)c1ccc(C(CC(=O)c2ccc(C3CCCCC3)cc2)C(=O)c2ccc(C(=O)NC[C@@H](O)C(=O)O)cc2)cc1. The number of hydrogen-bond acceptors (Lipinski definition) is 5. The lowest BCUT2D eigenvalue weighted by Gasteiger charge is -2.22. The van der Waals surface area contributed by atoms with Gasteiger partial charge < -0.3 is 15.5 Å². The van der Waals surface area contributed by atoms with Gasteiger partial charge in [-0.3, -0.25) is 14.4 Å². The molecule has 1 amide bonds. The molecule has 1 aliphatic carbocycles. The monoisotopic (exact) mass is 569 g/mol. The van der Waals surface area contributed by atoms with Crippen LogP contribution in [0, 0.1) is 0 Å². The minimum atomic E-state index is -1.71. The third-order valence-electron chi connectivity index (χ3n) is 8.19. The molecule has 3 aromatic rings. The van der Waals surface area contributed by atoms with Crippen molar-refractivity contribution in [2.75, 3.05) is 6.54 Å². The van der Waals surface area contributed by atoms with Crippen molar-refractivity contribution in [2.45, 2.75) is 76.2 Å². The number of aliphatic carboxylic acids is 1. The first-order valence-corrected chi connectivity index (χ1v) is 14.7. The molecule has 1 unspecified atom stereocenters. The van der Waals surface area contributed by atoms with Crippen LogP contribution in [0.4, 0.5) is 0 Å². The van der Waals surface area contributed by atoms with Gasteiger partial charge in [0.2, 0.25) is 0 Å². The van der Waals surface area contributed by atoms with E-state index in [1.807, 2.05) is 36.4 Å². The van der Waals surface area contributed by atoms with Crippen LogP contribution in [-0.4, -0.2) is 46.3 Å². The molecule has 0 radical (unpaired) electrons. The summed E-state index contributed by atoms with van der Waals surface area (Å²) in [4.78, 5) is 50.5. The molecule has 220 valence electrons. The number of carbonyl (C=O) groups excluding carboxylic acids is 3. The van der Waals surface area contributed by atoms with Crippen LogP contribution in [0.15, 0.2) is 72.8 Å². The Balaban J connectivity index is 1.53. The van der Waals surface area contributed by atoms with Gasteiger partial charge in [0.05, 0.1) is 12.5 Å². The largest absolute Gasteiger partial charge is 0.479 e. The molecular weight excluding hydrogens is 530 g/mol. The lowest BCUT2D eigenvalue weighted by Crippen LogP contribution is -2.36. The molecule has 42 heavy (non-hydrogen) atoms. The van der Waals surface area contributed by atoms with Gasteiger partial charge >= 0.3 is 5.97 Å². The second kappa shape index (κ2) is 14.2. The molecule has 2 atom stereocenters. The van der Waals surface area contributed by atoms with E-state index in [1.165, 1.54) is 61.9 Å². The molecule has 0 spiro atoms. The fourth-order valence-corrected chi connectivity index (χ4v) is 5.52. The molecule has 3 aromatic carbocycles. The molecule has 7 heteroatoms. The Morgan fingerprint density at radius 1 is 0.762 bits per heavy atom. The van der Waals surface area contributed by atoms with Crippen molar-refractivity contribution < 1.29 is 29.4 Å². The molecule has 7 nitrogen and oxygen atoms in total. The summed E-state index contributed by atoms with van der Waals surface area (Å²) < 4.78 is 0. The smallest absolute Gasteiger partial charge is 0.334 e. The standard InChI is InChI=1S/C35H39NO6/c1-22(2)23-8-12-26(13-9-23)30(20-31(37)27-14-10-25(11-15-27)24-6-4-3-5-7-24)33(39)28-16-18-29(19-17-28)34(40)36-21-32(38)35(41)42/h8-19,22,24,30,32,38H,3-7,20-21H2,1-2H3,(H,36,40)(H,41,42)/t30?,32-/m1/s1. The van der Waals surface area contributed by atoms with E-state index in [2.05, 4.69) is 31.3 Å². The number of aliphatic hydroxyl groups excluding tert-OH is 1. The molecule has 0 saturated heterocycles. The topological polar surface area (TPSA) is 121 Å². The van der Waals surface area contributed by atoms with E-state index >= 15 is 0 Å². The van der Waals surface area contributed by atoms with Crippen LogP contribution in [0.2, 0.25) is 0 Å². The summed E-state index contributed by atoms with van der Waals surface area (Å²) in [5.41, 5.74) is 4.32. The summed E-state index contributed by atoms with van der Waals surface area (Å²) in [5.74, 6) is -2.17. The highest BCUT2D eigenvalue weighted by molar-refractivity contribution is 6.06. The number of carboxylic acid groups (broad SMARTS) is 1. The Bertz CT molecular complexity index is 1390. The van der Waals surface area contributed by atoms with Crippen LogP contribution in [0.25, 0.3) is 0 Å². The average molecular weight is 570 g/mol. The maximum absolute atomic E-state index is 13.8. The van der Waals surface area contributed by atoms with Crippen LogP contribution in [-0.2, 0) is 4.79 Å². The molecule has 3 N–H and O–H groups in total. The quantitative estimate of drug-likeness (QED) is 0.221. The zero-order valence-electron chi connectivity index (χ0n) is 24.2. The molecule has 1 fully saturated rings. The molecule has 0 aromatic heterocycles. The van der Waals surface area contributed by atoms with Gasteiger partial charge in [0.1, 0.15) is 0 Å². The van der Waals surface area contributed by atoms with Gasteiger partial charge in [0.25, 0.3) is 5.91 Å². The van der Waals surface area contributed by atoms with E-state index in [0.29, 0.717) is 23.0 Å². The zero-order chi connectivity index (χ0) is 30.2. The number of benzene rings is 3. The average Bonchev–Trinajstić information content (AvgIpc) is 3.02. The van der Waals surface area contributed by atoms with Gasteiger partial charge in [-0.2, -0.15) is 0 Å². The fraction of sp³-hybridized carbons (Fsp3) is 0.371. The van der Waals surface area contributed by atoms with E-state index in [1.54, 1.807) is 0 Å². The second-order valence-electron chi connectivity index (χ2n) is 11.5. The predicted octanol–water partition coefficient (Wildman–Crippen LogP) is 6.27. The molecule has 0 aliphatic heterocycles. The van der Waals surface area contributed by atoms with Crippen LogP contribution in [0.3, 0.4) is 0 Å². The first-order chi connectivity index (χ1) is 20.1. The number of aliphatic hydroxyl groups is 1. The first kappa shape index (κ1) is 30.8. The van der Waals surface area contributed by atoms with E-state index in [0.717, 1.165) is 11.1 Å². The van der Waals surface area contributed by atoms with E-state index in [-0.39, 0.29) is 23.6 Å². The highest BCUT2D eigenvalue weighted by Gasteiger charge is 2.26. The summed E-state index contributed by atoms with van der Waals surface area (Å²) >= 11 is 0. The van der Waals surface area contributed by atoms with Crippen LogP contribution < -0.4 is 5.32 Å². The Hall–Kier alpha value is -4.10. The highest BCUT2D eigenvalue weighted by atomic mass is 16.4. The van der Waals surface area contributed by atoms with Gasteiger partial charge in [-0.05, 0) is 53.5 Å². The van der Waals surface area contributed by atoms with Gasteiger partial charge in [-0.15, -0.1) is 0 Å². The minimum Gasteiger partial charge on any atom is -0.479 e. The van der Waals surface area contributed by atoms with Crippen LogP contribution in [0.5, 0.6) is 0 Å². The van der Waals surface area contributed by atoms with Gasteiger partial charge in [-0.1, -0.05) is 93.8 Å². The number of amides is 1. The molecule has 0 heterocycles. The van der Waals surface area contributed by atoms with Gasteiger partial charge in [0, 0.05) is 23.1 Å². The van der Waals surface area contributed by atoms with Gasteiger partial charge in [0.15, 0.2) is 17.7 Å². The van der Waals surface area contributed by atoms with Crippen molar-refractivity contribution in [3.8, 4) is 0 Å². The number of carboxylic acids is 1. The van der Waals surface area contributed by atoms with Crippen LogP contribution in [0.1, 0.15) is 118 Å². The number of rotatable bonds is 12. The molecule has 1 aliphatic rings. The third kappa shape index (κ3) is 7.79. The van der Waals surface area contributed by atoms with E-state index < -0.39 is 30.4 Å². The summed E-state index contributed by atoms with van der Waals surface area (Å²) in [5, 5.41) is 20.5. The second-order valence-corrected chi connectivity index (χ2v) is 11.5. The van der Waals surface area contributed by atoms with Crippen molar-refractivity contribution >= 4 is 23.4 Å². The number of hydrogen-bond donors (Lipinski definition) is 3. The van der Waals surface area contributed by atoms with Gasteiger partial charge in [-0.25, -0.2) is 4.79 Å². The fourth-order valence-electron chi connectivity index (χ4n) is 5.52. The number of Topliss-reactive ketones (excluding diaryl/α,β-unsaturated/α-hetero) is 2. The summed E-state index contributed by atoms with van der Waals surface area (Å²) in [6.45, 7) is 3.75. The van der Waals surface area contributed by atoms with Crippen LogP contribution >= 0.6 is 0 Å². The summed E-state index contributed by atoms with van der Waals surface area (Å²) in [6.07, 6.45) is 4.43.